The van der Waals surface area contributed by atoms with Crippen LogP contribution < -0.4 is 0 Å². The molecule has 1 fully saturated rings. The summed E-state index contributed by atoms with van der Waals surface area (Å²) < 4.78 is 10.3. The third kappa shape index (κ3) is 3.17. The third-order valence-corrected chi connectivity index (χ3v) is 4.29. The molecule has 1 aliphatic rings. The van der Waals surface area contributed by atoms with Crippen molar-refractivity contribution in [3.8, 4) is 5.75 Å². The summed E-state index contributed by atoms with van der Waals surface area (Å²) in [5.74, 6) is -3.38. The second-order valence-electron chi connectivity index (χ2n) is 4.66. The number of cyclic esters (lactones) is 2. The summed E-state index contributed by atoms with van der Waals surface area (Å²) in [6, 6.07) is 1.41. The maximum atomic E-state index is 11.8. The van der Waals surface area contributed by atoms with Crippen LogP contribution in [0.15, 0.2) is 16.1 Å². The largest absolute Gasteiger partial charge is 0.506 e. The average molecular weight is 396 g/mol. The predicted octanol–water partition coefficient (Wildman–Crippen LogP) is 3.68. The molecule has 21 heavy (non-hydrogen) atoms. The van der Waals surface area contributed by atoms with Crippen molar-refractivity contribution >= 4 is 57.1 Å². The van der Waals surface area contributed by atoms with E-state index in [4.69, 9.17) is 32.7 Å². The van der Waals surface area contributed by atoms with E-state index in [1.165, 1.54) is 19.9 Å². The molecule has 0 radical (unpaired) electrons. The van der Waals surface area contributed by atoms with Gasteiger partial charge in [0.05, 0.1) is 5.02 Å². The van der Waals surface area contributed by atoms with E-state index < -0.39 is 17.7 Å². The minimum Gasteiger partial charge on any atom is -0.506 e. The highest BCUT2D eigenvalue weighted by molar-refractivity contribution is 9.10. The van der Waals surface area contributed by atoms with E-state index >= 15 is 0 Å². The van der Waals surface area contributed by atoms with Gasteiger partial charge in [0.25, 0.3) is 5.79 Å². The highest BCUT2D eigenvalue weighted by atomic mass is 79.9. The van der Waals surface area contributed by atoms with Gasteiger partial charge in [-0.25, -0.2) is 9.59 Å². The molecular weight excluding hydrogens is 387 g/mol. The number of esters is 2. The van der Waals surface area contributed by atoms with Crippen LogP contribution in [-0.4, -0.2) is 22.8 Å². The van der Waals surface area contributed by atoms with Crippen LogP contribution in [0.1, 0.15) is 19.4 Å². The summed E-state index contributed by atoms with van der Waals surface area (Å²) in [7, 11) is 0. The Labute approximate surface area is 138 Å². The number of phenols is 1. The normalized spacial score (nSPS) is 17.3. The van der Waals surface area contributed by atoms with Crippen LogP contribution in [0.5, 0.6) is 5.75 Å². The van der Waals surface area contributed by atoms with E-state index in [9.17, 15) is 14.7 Å². The molecule has 1 aliphatic heterocycles. The van der Waals surface area contributed by atoms with Gasteiger partial charge < -0.3 is 14.6 Å². The maximum Gasteiger partial charge on any atom is 0.348 e. The number of benzene rings is 1. The first kappa shape index (κ1) is 16.1. The van der Waals surface area contributed by atoms with E-state index in [0.717, 1.165) is 6.08 Å². The first-order chi connectivity index (χ1) is 9.62. The summed E-state index contributed by atoms with van der Waals surface area (Å²) in [4.78, 5) is 23.7. The van der Waals surface area contributed by atoms with Gasteiger partial charge in [0, 0.05) is 23.9 Å². The van der Waals surface area contributed by atoms with Crippen LogP contribution in [0.4, 0.5) is 0 Å². The molecule has 0 aromatic heterocycles. The lowest BCUT2D eigenvalue weighted by molar-refractivity contribution is -0.222. The second kappa shape index (κ2) is 5.51. The van der Waals surface area contributed by atoms with Gasteiger partial charge in [0.15, 0.2) is 0 Å². The van der Waals surface area contributed by atoms with Gasteiger partial charge in [-0.05, 0) is 28.1 Å². The zero-order valence-corrected chi connectivity index (χ0v) is 14.0. The molecule has 1 saturated heterocycles. The Morgan fingerprint density at radius 1 is 1.19 bits per heavy atom. The smallest absolute Gasteiger partial charge is 0.348 e. The molecule has 2 rings (SSSR count). The molecule has 1 aromatic rings. The van der Waals surface area contributed by atoms with Crippen molar-refractivity contribution < 1.29 is 24.2 Å². The molecule has 1 aromatic carbocycles. The first-order valence-corrected chi connectivity index (χ1v) is 7.22. The topological polar surface area (TPSA) is 72.8 Å². The Morgan fingerprint density at radius 2 is 1.71 bits per heavy atom. The molecule has 0 unspecified atom stereocenters. The lowest BCUT2D eigenvalue weighted by Gasteiger charge is -2.29. The van der Waals surface area contributed by atoms with Crippen molar-refractivity contribution in [1.82, 2.24) is 0 Å². The molecule has 0 amide bonds. The number of carbonyl (C=O) groups is 2. The molecule has 112 valence electrons. The molecule has 0 atom stereocenters. The number of aromatic hydroxyl groups is 1. The molecule has 8 heteroatoms. The monoisotopic (exact) mass is 394 g/mol. The summed E-state index contributed by atoms with van der Waals surface area (Å²) in [5, 5.41) is 9.94. The van der Waals surface area contributed by atoms with Gasteiger partial charge in [-0.1, -0.05) is 23.2 Å². The van der Waals surface area contributed by atoms with E-state index in [0.29, 0.717) is 4.47 Å². The minimum absolute atomic E-state index is 0.101. The van der Waals surface area contributed by atoms with Crippen molar-refractivity contribution in [2.24, 2.45) is 0 Å². The maximum absolute atomic E-state index is 11.8. The number of halogens is 3. The molecule has 1 heterocycles. The predicted molar refractivity (Wildman–Crippen MR) is 80.1 cm³/mol. The van der Waals surface area contributed by atoms with Crippen LogP contribution in [0, 0.1) is 0 Å². The van der Waals surface area contributed by atoms with Crippen LogP contribution in [0.2, 0.25) is 10.0 Å². The summed E-state index contributed by atoms with van der Waals surface area (Å²) in [5.41, 5.74) is -0.227. The number of hydrogen-bond acceptors (Lipinski definition) is 5. The van der Waals surface area contributed by atoms with E-state index in [2.05, 4.69) is 15.9 Å². The Hall–Kier alpha value is -1.24. The Morgan fingerprint density at radius 3 is 2.24 bits per heavy atom. The van der Waals surface area contributed by atoms with Gasteiger partial charge in [0.2, 0.25) is 0 Å². The van der Waals surface area contributed by atoms with Crippen molar-refractivity contribution in [3.63, 3.8) is 0 Å². The van der Waals surface area contributed by atoms with Gasteiger partial charge in [0.1, 0.15) is 16.3 Å². The molecule has 0 spiro atoms. The molecule has 5 nitrogen and oxygen atoms in total. The molecular formula is C13H9BrCl2O5. The standard InChI is InChI=1S/C13H9BrCl2O5/c1-13(2)20-11(18)6(12(19)21-13)3-5-4-7(14)8(15)9(16)10(5)17/h3-4,17H,1-2H3. The van der Waals surface area contributed by atoms with Crippen molar-refractivity contribution in [1.29, 1.82) is 0 Å². The molecule has 0 bridgehead atoms. The van der Waals surface area contributed by atoms with E-state index in [1.807, 2.05) is 0 Å². The quantitative estimate of drug-likeness (QED) is 0.340. The molecule has 0 saturated carbocycles. The number of rotatable bonds is 1. The van der Waals surface area contributed by atoms with Crippen molar-refractivity contribution in [2.45, 2.75) is 19.6 Å². The molecule has 1 N–H and O–H groups in total. The van der Waals surface area contributed by atoms with Gasteiger partial charge >= 0.3 is 11.9 Å². The number of carbonyl (C=O) groups excluding carboxylic acids is 2. The fourth-order valence-electron chi connectivity index (χ4n) is 1.65. The summed E-state index contributed by atoms with van der Waals surface area (Å²) in [6.07, 6.45) is 1.13. The Bertz CT molecular complexity index is 660. The lowest BCUT2D eigenvalue weighted by atomic mass is 10.1. The van der Waals surface area contributed by atoms with Crippen molar-refractivity contribution in [3.05, 3.63) is 31.7 Å². The zero-order valence-electron chi connectivity index (χ0n) is 10.9. The third-order valence-electron chi connectivity index (χ3n) is 2.58. The van der Waals surface area contributed by atoms with Crippen LogP contribution in [0.3, 0.4) is 0 Å². The molecule has 0 aliphatic carbocycles. The lowest BCUT2D eigenvalue weighted by Crippen LogP contribution is -2.41. The highest BCUT2D eigenvalue weighted by Crippen LogP contribution is 2.40. The SMILES string of the molecule is CC1(C)OC(=O)C(=Cc2cc(Br)c(Cl)c(Cl)c2O)C(=O)O1. The number of phenolic OH excluding ortho intramolecular Hbond substituents is 1. The number of ether oxygens (including phenoxy) is 2. The second-order valence-corrected chi connectivity index (χ2v) is 6.27. The Kier molecular flexibility index (Phi) is 4.24. The minimum atomic E-state index is -1.33. The summed E-state index contributed by atoms with van der Waals surface area (Å²) >= 11 is 14.9. The Balaban J connectivity index is 2.50. The van der Waals surface area contributed by atoms with Gasteiger partial charge in [-0.2, -0.15) is 0 Å². The fourth-order valence-corrected chi connectivity index (χ4v) is 2.56. The van der Waals surface area contributed by atoms with E-state index in [-0.39, 0.29) is 26.9 Å². The fraction of sp³-hybridized carbons (Fsp3) is 0.231. The first-order valence-electron chi connectivity index (χ1n) is 5.67. The highest BCUT2D eigenvalue weighted by Gasteiger charge is 2.39. The average Bonchev–Trinajstić information content (AvgIpc) is 2.36. The van der Waals surface area contributed by atoms with Crippen LogP contribution in [0.25, 0.3) is 6.08 Å². The van der Waals surface area contributed by atoms with Crippen LogP contribution >= 0.6 is 39.1 Å². The van der Waals surface area contributed by atoms with Gasteiger partial charge in [-0.15, -0.1) is 0 Å². The van der Waals surface area contributed by atoms with Crippen molar-refractivity contribution in [2.75, 3.05) is 0 Å². The summed E-state index contributed by atoms with van der Waals surface area (Å²) in [6.45, 7) is 2.87. The van der Waals surface area contributed by atoms with Gasteiger partial charge in [-0.3, -0.25) is 0 Å². The van der Waals surface area contributed by atoms with Crippen LogP contribution in [-0.2, 0) is 19.1 Å². The number of hydrogen-bond donors (Lipinski definition) is 1. The van der Waals surface area contributed by atoms with E-state index in [1.54, 1.807) is 0 Å². The zero-order chi connectivity index (χ0) is 15.9.